The van der Waals surface area contributed by atoms with E-state index in [1.807, 2.05) is 36.4 Å². The lowest BCUT2D eigenvalue weighted by molar-refractivity contribution is 0.0469. The fraction of sp³-hybridized carbons (Fsp3) is 0.381. The summed E-state index contributed by atoms with van der Waals surface area (Å²) < 4.78 is 11.2. The molecule has 132 valence electrons. The first-order chi connectivity index (χ1) is 12.3. The van der Waals surface area contributed by atoms with Crippen LogP contribution in [0.4, 0.5) is 0 Å². The van der Waals surface area contributed by atoms with E-state index < -0.39 is 0 Å². The summed E-state index contributed by atoms with van der Waals surface area (Å²) in [7, 11) is 0. The minimum absolute atomic E-state index is 0.242. The third kappa shape index (κ3) is 5.69. The topological polar surface area (TPSA) is 47.6 Å². The highest BCUT2D eigenvalue weighted by atomic mass is 16.5. The smallest absolute Gasteiger partial charge is 0.338 e. The minimum atomic E-state index is -0.253. The van der Waals surface area contributed by atoms with Crippen molar-refractivity contribution < 1.29 is 14.3 Å². The molecule has 1 N–H and O–H groups in total. The van der Waals surface area contributed by atoms with Crippen molar-refractivity contribution in [3.05, 3.63) is 71.8 Å². The van der Waals surface area contributed by atoms with Gasteiger partial charge in [0.1, 0.15) is 6.61 Å². The molecule has 0 unspecified atom stereocenters. The Morgan fingerprint density at radius 1 is 0.960 bits per heavy atom. The lowest BCUT2D eigenvalue weighted by Gasteiger charge is -2.15. The van der Waals surface area contributed by atoms with Gasteiger partial charge in [-0.1, -0.05) is 48.5 Å². The normalized spacial score (nSPS) is 19.7. The van der Waals surface area contributed by atoms with Gasteiger partial charge in [0.2, 0.25) is 0 Å². The third-order valence-corrected chi connectivity index (χ3v) is 4.48. The molecule has 25 heavy (non-hydrogen) atoms. The van der Waals surface area contributed by atoms with Crippen molar-refractivity contribution in [2.45, 2.75) is 38.0 Å². The van der Waals surface area contributed by atoms with Gasteiger partial charge in [-0.25, -0.2) is 4.79 Å². The van der Waals surface area contributed by atoms with Gasteiger partial charge in [-0.05, 0) is 37.0 Å². The van der Waals surface area contributed by atoms with Crippen molar-refractivity contribution in [2.24, 2.45) is 0 Å². The first kappa shape index (κ1) is 17.6. The van der Waals surface area contributed by atoms with Crippen LogP contribution >= 0.6 is 0 Å². The summed E-state index contributed by atoms with van der Waals surface area (Å²) in [6, 6.07) is 20.0. The summed E-state index contributed by atoms with van der Waals surface area (Å²) in [5.41, 5.74) is 1.80. The van der Waals surface area contributed by atoms with Crippen LogP contribution in [0, 0.1) is 0 Å². The monoisotopic (exact) mass is 339 g/mol. The third-order valence-electron chi connectivity index (χ3n) is 4.48. The molecule has 3 rings (SSSR count). The maximum Gasteiger partial charge on any atom is 0.338 e. The Kier molecular flexibility index (Phi) is 6.60. The number of ether oxygens (including phenoxy) is 2. The van der Waals surface area contributed by atoms with E-state index in [-0.39, 0.29) is 12.0 Å². The molecule has 4 nitrogen and oxygen atoms in total. The summed E-state index contributed by atoms with van der Waals surface area (Å²) >= 11 is 0. The molecule has 4 heteroatoms. The maximum atomic E-state index is 12.0. The Bertz CT molecular complexity index is 645. The second-order valence-electron chi connectivity index (χ2n) is 6.43. The van der Waals surface area contributed by atoms with Crippen LogP contribution in [0.25, 0.3) is 0 Å². The lowest BCUT2D eigenvalue weighted by atomic mass is 10.1. The molecule has 0 bridgehead atoms. The average Bonchev–Trinajstić information content (AvgIpc) is 3.13. The van der Waals surface area contributed by atoms with Crippen LogP contribution in [0.1, 0.15) is 35.2 Å². The Balaban J connectivity index is 1.30. The Morgan fingerprint density at radius 3 is 2.40 bits per heavy atom. The van der Waals surface area contributed by atoms with Crippen molar-refractivity contribution in [1.29, 1.82) is 0 Å². The Hall–Kier alpha value is -2.17. The summed E-state index contributed by atoms with van der Waals surface area (Å²) in [5, 5.41) is 3.54. The van der Waals surface area contributed by atoms with Crippen molar-refractivity contribution >= 4 is 5.97 Å². The number of benzene rings is 2. The van der Waals surface area contributed by atoms with E-state index in [0.717, 1.165) is 25.9 Å². The summed E-state index contributed by atoms with van der Waals surface area (Å²) in [5.74, 6) is -0.253. The molecule has 1 aliphatic heterocycles. The predicted molar refractivity (Wildman–Crippen MR) is 97.4 cm³/mol. The van der Waals surface area contributed by atoms with Crippen LogP contribution in [0.15, 0.2) is 60.7 Å². The van der Waals surface area contributed by atoms with Crippen molar-refractivity contribution in [3.63, 3.8) is 0 Å². The van der Waals surface area contributed by atoms with Crippen LogP contribution in [0.3, 0.4) is 0 Å². The van der Waals surface area contributed by atoms with Gasteiger partial charge in [-0.2, -0.15) is 0 Å². The van der Waals surface area contributed by atoms with E-state index in [0.29, 0.717) is 24.8 Å². The molecule has 0 saturated carbocycles. The predicted octanol–water partition coefficient (Wildman–Crippen LogP) is 3.57. The molecule has 1 fully saturated rings. The number of hydrogen-bond donors (Lipinski definition) is 1. The lowest BCUT2D eigenvalue weighted by Crippen LogP contribution is -2.34. The Labute approximate surface area is 149 Å². The van der Waals surface area contributed by atoms with E-state index in [4.69, 9.17) is 9.47 Å². The molecular formula is C21H25NO3. The Morgan fingerprint density at radius 2 is 1.64 bits per heavy atom. The van der Waals surface area contributed by atoms with E-state index in [9.17, 15) is 4.79 Å². The van der Waals surface area contributed by atoms with E-state index >= 15 is 0 Å². The first-order valence-electron chi connectivity index (χ1n) is 8.91. The molecule has 1 aliphatic rings. The van der Waals surface area contributed by atoms with Gasteiger partial charge < -0.3 is 14.8 Å². The highest BCUT2D eigenvalue weighted by Gasteiger charge is 2.24. The standard InChI is InChI=1S/C21H25NO3/c23-21(18-9-5-2-6-10-18)25-16-20-12-11-19(22-20)13-14-24-15-17-7-3-1-4-8-17/h1-10,19-20,22H,11-16H2/t19-,20-/m0/s1. The van der Waals surface area contributed by atoms with Gasteiger partial charge in [0.05, 0.1) is 12.2 Å². The molecule has 0 aromatic heterocycles. The number of carbonyl (C=O) groups excluding carboxylic acids is 1. The number of rotatable bonds is 8. The molecule has 1 heterocycles. The zero-order valence-corrected chi connectivity index (χ0v) is 14.4. The average molecular weight is 339 g/mol. The van der Waals surface area contributed by atoms with E-state index in [1.165, 1.54) is 5.56 Å². The highest BCUT2D eigenvalue weighted by Crippen LogP contribution is 2.16. The molecule has 0 radical (unpaired) electrons. The van der Waals surface area contributed by atoms with Crippen LogP contribution < -0.4 is 5.32 Å². The summed E-state index contributed by atoms with van der Waals surface area (Å²) in [6.45, 7) is 1.82. The van der Waals surface area contributed by atoms with Crippen molar-refractivity contribution in [3.8, 4) is 0 Å². The van der Waals surface area contributed by atoms with Gasteiger partial charge in [0.25, 0.3) is 0 Å². The zero-order valence-electron chi connectivity index (χ0n) is 14.4. The second kappa shape index (κ2) is 9.35. The molecular weight excluding hydrogens is 314 g/mol. The fourth-order valence-corrected chi connectivity index (χ4v) is 3.09. The molecule has 0 amide bonds. The number of nitrogens with one attached hydrogen (secondary N) is 1. The minimum Gasteiger partial charge on any atom is -0.460 e. The number of esters is 1. The highest BCUT2D eigenvalue weighted by molar-refractivity contribution is 5.89. The number of carbonyl (C=O) groups is 1. The van der Waals surface area contributed by atoms with Crippen LogP contribution in [-0.2, 0) is 16.1 Å². The van der Waals surface area contributed by atoms with Crippen molar-refractivity contribution in [1.82, 2.24) is 5.32 Å². The van der Waals surface area contributed by atoms with E-state index in [2.05, 4.69) is 17.4 Å². The van der Waals surface area contributed by atoms with Gasteiger partial charge in [-0.3, -0.25) is 0 Å². The molecule has 0 spiro atoms. The maximum absolute atomic E-state index is 12.0. The number of hydrogen-bond acceptors (Lipinski definition) is 4. The second-order valence-corrected chi connectivity index (χ2v) is 6.43. The van der Waals surface area contributed by atoms with Crippen molar-refractivity contribution in [2.75, 3.05) is 13.2 Å². The zero-order chi connectivity index (χ0) is 17.3. The first-order valence-corrected chi connectivity index (χ1v) is 8.91. The molecule has 1 saturated heterocycles. The van der Waals surface area contributed by atoms with Gasteiger partial charge in [-0.15, -0.1) is 0 Å². The fourth-order valence-electron chi connectivity index (χ4n) is 3.09. The summed E-state index contributed by atoms with van der Waals surface area (Å²) in [6.07, 6.45) is 3.11. The van der Waals surface area contributed by atoms with Crippen LogP contribution in [-0.4, -0.2) is 31.3 Å². The quantitative estimate of drug-likeness (QED) is 0.590. The molecule has 2 aromatic carbocycles. The van der Waals surface area contributed by atoms with Crippen LogP contribution in [0.2, 0.25) is 0 Å². The molecule has 0 aliphatic carbocycles. The SMILES string of the molecule is O=C(OC[C@@H]1CC[C@@H](CCOCc2ccccc2)N1)c1ccccc1. The molecule has 2 atom stereocenters. The largest absolute Gasteiger partial charge is 0.460 e. The molecule has 2 aromatic rings. The van der Waals surface area contributed by atoms with Gasteiger partial charge in [0, 0.05) is 18.7 Å². The van der Waals surface area contributed by atoms with E-state index in [1.54, 1.807) is 12.1 Å². The van der Waals surface area contributed by atoms with Gasteiger partial charge in [0.15, 0.2) is 0 Å². The van der Waals surface area contributed by atoms with Crippen LogP contribution in [0.5, 0.6) is 0 Å². The summed E-state index contributed by atoms with van der Waals surface area (Å²) in [4.78, 5) is 12.0. The van der Waals surface area contributed by atoms with Gasteiger partial charge >= 0.3 is 5.97 Å².